The summed E-state index contributed by atoms with van der Waals surface area (Å²) in [5.41, 5.74) is 6.34. The van der Waals surface area contributed by atoms with Crippen LogP contribution in [0.5, 0.6) is 0 Å². The molecule has 1 aliphatic carbocycles. The second-order valence-corrected chi connectivity index (χ2v) is 7.06. The molecule has 0 bridgehead atoms. The summed E-state index contributed by atoms with van der Waals surface area (Å²) in [5.74, 6) is 1.67. The maximum atomic E-state index is 6.34. The van der Waals surface area contributed by atoms with Gasteiger partial charge in [0, 0.05) is 10.9 Å². The molecule has 17 heavy (non-hydrogen) atoms. The second kappa shape index (κ2) is 6.21. The highest BCUT2D eigenvalue weighted by molar-refractivity contribution is 7.16. The van der Waals surface area contributed by atoms with E-state index in [0.717, 1.165) is 22.6 Å². The molecular weight excluding hydrogens is 250 g/mol. The van der Waals surface area contributed by atoms with Crippen molar-refractivity contribution in [3.05, 3.63) is 21.3 Å². The molecule has 0 radical (unpaired) electrons. The number of thiophene rings is 1. The van der Waals surface area contributed by atoms with E-state index in [1.54, 1.807) is 11.3 Å². The van der Waals surface area contributed by atoms with Crippen LogP contribution >= 0.6 is 22.9 Å². The largest absolute Gasteiger partial charge is 0.327 e. The average Bonchev–Trinajstić information content (AvgIpc) is 2.75. The van der Waals surface area contributed by atoms with Gasteiger partial charge in [-0.05, 0) is 43.2 Å². The molecule has 1 nitrogen and oxygen atoms in total. The molecule has 1 aromatic heterocycles. The summed E-state index contributed by atoms with van der Waals surface area (Å²) in [5, 5.41) is 0. The van der Waals surface area contributed by atoms with Crippen LogP contribution < -0.4 is 5.73 Å². The van der Waals surface area contributed by atoms with Crippen LogP contribution in [0.3, 0.4) is 0 Å². The van der Waals surface area contributed by atoms with Crippen molar-refractivity contribution in [1.29, 1.82) is 0 Å². The van der Waals surface area contributed by atoms with Crippen molar-refractivity contribution in [3.63, 3.8) is 0 Å². The summed E-state index contributed by atoms with van der Waals surface area (Å²) < 4.78 is 0.877. The van der Waals surface area contributed by atoms with Crippen molar-refractivity contribution < 1.29 is 0 Å². The van der Waals surface area contributed by atoms with Gasteiger partial charge in [0.1, 0.15) is 0 Å². The molecule has 1 saturated carbocycles. The van der Waals surface area contributed by atoms with E-state index in [0.29, 0.717) is 6.04 Å². The Hall–Kier alpha value is -0.0500. The van der Waals surface area contributed by atoms with E-state index in [-0.39, 0.29) is 0 Å². The number of halogens is 1. The molecule has 3 heteroatoms. The summed E-state index contributed by atoms with van der Waals surface area (Å²) in [6.45, 7) is 2.30. The normalized spacial score (nSPS) is 27.0. The summed E-state index contributed by atoms with van der Waals surface area (Å²) in [4.78, 5) is 1.33. The standard InChI is InChI=1S/C14H22ClNS/c1-2-10-3-5-11(6-4-10)13(16)9-12-7-8-14(15)17-12/h7-8,10-11,13H,2-6,9,16H2,1H3. The smallest absolute Gasteiger partial charge is 0.0931 e. The molecular formula is C14H22ClNS. The fraction of sp³-hybridized carbons (Fsp3) is 0.714. The second-order valence-electron chi connectivity index (χ2n) is 5.26. The topological polar surface area (TPSA) is 26.0 Å². The minimum Gasteiger partial charge on any atom is -0.327 e. The van der Waals surface area contributed by atoms with E-state index < -0.39 is 0 Å². The quantitative estimate of drug-likeness (QED) is 0.858. The highest BCUT2D eigenvalue weighted by Gasteiger charge is 2.25. The molecule has 2 rings (SSSR count). The van der Waals surface area contributed by atoms with E-state index in [4.69, 9.17) is 17.3 Å². The average molecular weight is 272 g/mol. The van der Waals surface area contributed by atoms with Gasteiger partial charge in [0.05, 0.1) is 4.34 Å². The van der Waals surface area contributed by atoms with Crippen molar-refractivity contribution in [1.82, 2.24) is 0 Å². The lowest BCUT2D eigenvalue weighted by atomic mass is 9.77. The minimum absolute atomic E-state index is 0.322. The first kappa shape index (κ1) is 13.4. The van der Waals surface area contributed by atoms with Crippen molar-refractivity contribution in [2.24, 2.45) is 17.6 Å². The Bertz CT molecular complexity index is 342. The van der Waals surface area contributed by atoms with E-state index in [9.17, 15) is 0 Å². The molecule has 1 aliphatic rings. The van der Waals surface area contributed by atoms with Gasteiger partial charge in [-0.1, -0.05) is 37.8 Å². The Morgan fingerprint density at radius 3 is 2.59 bits per heavy atom. The van der Waals surface area contributed by atoms with Crippen LogP contribution in [0.4, 0.5) is 0 Å². The highest BCUT2D eigenvalue weighted by Crippen LogP contribution is 2.33. The lowest BCUT2D eigenvalue weighted by Crippen LogP contribution is -2.34. The molecule has 1 atom stereocenters. The van der Waals surface area contributed by atoms with Crippen LogP contribution in [0.15, 0.2) is 12.1 Å². The van der Waals surface area contributed by atoms with Crippen molar-refractivity contribution in [2.75, 3.05) is 0 Å². The van der Waals surface area contributed by atoms with Gasteiger partial charge in [-0.25, -0.2) is 0 Å². The lowest BCUT2D eigenvalue weighted by molar-refractivity contribution is 0.238. The first-order chi connectivity index (χ1) is 8.19. The number of hydrogen-bond acceptors (Lipinski definition) is 2. The van der Waals surface area contributed by atoms with Gasteiger partial charge < -0.3 is 5.73 Å². The number of rotatable bonds is 4. The predicted octanol–water partition coefficient (Wildman–Crippen LogP) is 4.49. The third-order valence-electron chi connectivity index (χ3n) is 4.14. The molecule has 0 spiro atoms. The predicted molar refractivity (Wildman–Crippen MR) is 76.7 cm³/mol. The van der Waals surface area contributed by atoms with Gasteiger partial charge in [-0.15, -0.1) is 11.3 Å². The van der Waals surface area contributed by atoms with Crippen molar-refractivity contribution in [3.8, 4) is 0 Å². The van der Waals surface area contributed by atoms with Gasteiger partial charge in [-0.3, -0.25) is 0 Å². The Morgan fingerprint density at radius 2 is 2.06 bits per heavy atom. The van der Waals surface area contributed by atoms with Crippen LogP contribution in [-0.2, 0) is 6.42 Å². The van der Waals surface area contributed by atoms with Crippen LogP contribution in [0.1, 0.15) is 43.9 Å². The summed E-state index contributed by atoms with van der Waals surface area (Å²) >= 11 is 7.62. The first-order valence-corrected chi connectivity index (χ1v) is 7.88. The maximum absolute atomic E-state index is 6.34. The molecule has 1 unspecified atom stereocenters. The molecule has 2 N–H and O–H groups in total. The highest BCUT2D eigenvalue weighted by atomic mass is 35.5. The van der Waals surface area contributed by atoms with E-state index in [2.05, 4.69) is 13.0 Å². The first-order valence-electron chi connectivity index (χ1n) is 6.68. The van der Waals surface area contributed by atoms with Gasteiger partial charge in [0.15, 0.2) is 0 Å². The summed E-state index contributed by atoms with van der Waals surface area (Å²) in [6.07, 6.45) is 7.72. The number of nitrogens with two attached hydrogens (primary N) is 1. The lowest BCUT2D eigenvalue weighted by Gasteiger charge is -2.31. The van der Waals surface area contributed by atoms with E-state index in [1.807, 2.05) is 6.07 Å². The summed E-state index contributed by atoms with van der Waals surface area (Å²) in [6, 6.07) is 4.41. The fourth-order valence-electron chi connectivity index (χ4n) is 2.89. The SMILES string of the molecule is CCC1CCC(C(N)Cc2ccc(Cl)s2)CC1. The van der Waals surface area contributed by atoms with Crippen molar-refractivity contribution in [2.45, 2.75) is 51.5 Å². The molecule has 0 saturated heterocycles. The van der Waals surface area contributed by atoms with Gasteiger partial charge in [0.25, 0.3) is 0 Å². The van der Waals surface area contributed by atoms with E-state index in [1.165, 1.54) is 37.0 Å². The zero-order valence-corrected chi connectivity index (χ0v) is 12.1. The van der Waals surface area contributed by atoms with Crippen molar-refractivity contribution >= 4 is 22.9 Å². The summed E-state index contributed by atoms with van der Waals surface area (Å²) in [7, 11) is 0. The molecule has 96 valence electrons. The zero-order valence-electron chi connectivity index (χ0n) is 10.5. The maximum Gasteiger partial charge on any atom is 0.0931 e. The van der Waals surface area contributed by atoms with Crippen LogP contribution in [-0.4, -0.2) is 6.04 Å². The Kier molecular flexibility index (Phi) is 4.89. The van der Waals surface area contributed by atoms with Crippen LogP contribution in [0.25, 0.3) is 0 Å². The Balaban J connectivity index is 1.82. The molecule has 1 heterocycles. The molecule has 1 aromatic rings. The van der Waals surface area contributed by atoms with Gasteiger partial charge in [-0.2, -0.15) is 0 Å². The van der Waals surface area contributed by atoms with E-state index >= 15 is 0 Å². The molecule has 0 aromatic carbocycles. The number of hydrogen-bond donors (Lipinski definition) is 1. The third-order valence-corrected chi connectivity index (χ3v) is 5.39. The zero-order chi connectivity index (χ0) is 12.3. The molecule has 0 aliphatic heterocycles. The Morgan fingerprint density at radius 1 is 1.35 bits per heavy atom. The monoisotopic (exact) mass is 271 g/mol. The Labute approximate surface area is 113 Å². The van der Waals surface area contributed by atoms with Crippen LogP contribution in [0.2, 0.25) is 4.34 Å². The fourth-order valence-corrected chi connectivity index (χ4v) is 4.04. The molecule has 1 fully saturated rings. The van der Waals surface area contributed by atoms with Gasteiger partial charge >= 0.3 is 0 Å². The molecule has 0 amide bonds. The van der Waals surface area contributed by atoms with Gasteiger partial charge in [0.2, 0.25) is 0 Å². The minimum atomic E-state index is 0.322. The van der Waals surface area contributed by atoms with Crippen LogP contribution in [0, 0.1) is 11.8 Å². The third kappa shape index (κ3) is 3.70.